The van der Waals surface area contributed by atoms with E-state index in [-0.39, 0.29) is 48.3 Å². The zero-order valence-corrected chi connectivity index (χ0v) is 18.7. The van der Waals surface area contributed by atoms with Crippen LogP contribution in [0.15, 0.2) is 35.2 Å². The smallest absolute Gasteiger partial charge is 0.328 e. The molecule has 2 aromatic heterocycles. The molecule has 31 heavy (non-hydrogen) atoms. The summed E-state index contributed by atoms with van der Waals surface area (Å²) in [6.45, 7) is 3.60. The number of anilines is 3. The number of nitrogens with two attached hydrogens (primary N) is 1. The number of nitrogens with one attached hydrogen (secondary N) is 2. The van der Waals surface area contributed by atoms with Crippen LogP contribution in [0.2, 0.25) is 0 Å². The number of nitrogens with zero attached hydrogens (tertiary/aromatic N) is 4. The molecule has 11 heteroatoms. The van der Waals surface area contributed by atoms with E-state index in [0.29, 0.717) is 21.9 Å². The molecule has 4 N–H and O–H groups in total. The number of ether oxygens (including phenoxy) is 1. The molecule has 0 radical (unpaired) electrons. The Hall–Kier alpha value is -2.95. The van der Waals surface area contributed by atoms with Gasteiger partial charge in [0.15, 0.2) is 0 Å². The third-order valence-electron chi connectivity index (χ3n) is 5.38. The van der Waals surface area contributed by atoms with Crippen molar-refractivity contribution in [1.29, 1.82) is 0 Å². The molecule has 0 aromatic carbocycles. The topological polar surface area (TPSA) is 137 Å². The van der Waals surface area contributed by atoms with E-state index in [1.807, 2.05) is 0 Å². The van der Waals surface area contributed by atoms with E-state index in [1.54, 1.807) is 32.4 Å². The molecule has 2 aliphatic rings. The van der Waals surface area contributed by atoms with E-state index >= 15 is 0 Å². The normalized spacial score (nSPS) is 23.9. The molecule has 2 aliphatic carbocycles. The van der Waals surface area contributed by atoms with Crippen molar-refractivity contribution in [2.75, 3.05) is 10.6 Å². The number of fused-ring (bicyclic) bond motifs is 2. The number of hydrogen-bond donors (Lipinski definition) is 3. The Balaban J connectivity index is 1.45. The molecular weight excluding hydrogens is 466 g/mol. The lowest BCUT2D eigenvalue weighted by molar-refractivity contribution is -0.148. The SMILES string of the molecule is CC(C)OC(=O)Cn1cc(Nc2ncc(Br)c(N[C@H]3[C@@H](C(N)=O)[C@@H]4C=C[C@H]3C4)n2)cn1. The molecule has 1 fully saturated rings. The first-order chi connectivity index (χ1) is 14.8. The van der Waals surface area contributed by atoms with Crippen molar-refractivity contribution in [3.63, 3.8) is 0 Å². The Morgan fingerprint density at radius 1 is 1.32 bits per heavy atom. The molecule has 2 heterocycles. The minimum absolute atomic E-state index is 0.0140. The van der Waals surface area contributed by atoms with Crippen LogP contribution in [0.3, 0.4) is 0 Å². The van der Waals surface area contributed by atoms with Crippen molar-refractivity contribution >= 4 is 45.3 Å². The highest BCUT2D eigenvalue weighted by atomic mass is 79.9. The summed E-state index contributed by atoms with van der Waals surface area (Å²) < 4.78 is 7.28. The first-order valence-corrected chi connectivity index (χ1v) is 10.8. The molecule has 0 unspecified atom stereocenters. The van der Waals surface area contributed by atoms with Gasteiger partial charge in [-0.3, -0.25) is 14.3 Å². The number of halogens is 1. The molecule has 0 saturated heterocycles. The minimum atomic E-state index is -0.361. The van der Waals surface area contributed by atoms with E-state index in [1.165, 1.54) is 4.68 Å². The van der Waals surface area contributed by atoms with Gasteiger partial charge in [-0.25, -0.2) is 4.98 Å². The lowest BCUT2D eigenvalue weighted by atomic mass is 9.88. The summed E-state index contributed by atoms with van der Waals surface area (Å²) in [5.74, 6) is 0.404. The highest BCUT2D eigenvalue weighted by molar-refractivity contribution is 9.10. The van der Waals surface area contributed by atoms with E-state index in [9.17, 15) is 9.59 Å². The fraction of sp³-hybridized carbons (Fsp3) is 0.450. The fourth-order valence-corrected chi connectivity index (χ4v) is 4.47. The number of primary amides is 1. The summed E-state index contributed by atoms with van der Waals surface area (Å²) in [6, 6.07) is -0.110. The lowest BCUT2D eigenvalue weighted by Gasteiger charge is -2.27. The number of esters is 1. The highest BCUT2D eigenvalue weighted by Crippen LogP contribution is 2.45. The number of allylic oxidation sites excluding steroid dienone is 1. The predicted octanol–water partition coefficient (Wildman–Crippen LogP) is 2.22. The summed E-state index contributed by atoms with van der Waals surface area (Å²) in [6.07, 6.45) is 9.82. The monoisotopic (exact) mass is 489 g/mol. The zero-order chi connectivity index (χ0) is 22.1. The Morgan fingerprint density at radius 2 is 2.10 bits per heavy atom. The van der Waals surface area contributed by atoms with E-state index in [0.717, 1.165) is 6.42 Å². The standard InChI is InChI=1S/C20H24BrN7O3/c1-10(2)31-15(29)9-28-8-13(6-24-28)25-20-23-7-14(21)19(27-20)26-17-12-4-3-11(5-12)16(17)18(22)30/h3-4,6-8,10-12,16-17H,5,9H2,1-2H3,(H2,22,30)(H2,23,25,26,27)/t11-,12+,16+,17-/m1/s1. The molecular formula is C20H24BrN7O3. The molecule has 1 saturated carbocycles. The van der Waals surface area contributed by atoms with Crippen LogP contribution in [0.1, 0.15) is 20.3 Å². The van der Waals surface area contributed by atoms with Gasteiger partial charge in [-0.15, -0.1) is 0 Å². The second kappa shape index (κ2) is 8.66. The second-order valence-corrected chi connectivity index (χ2v) is 8.88. The van der Waals surface area contributed by atoms with Crippen molar-refractivity contribution in [3.8, 4) is 0 Å². The number of carbonyl (C=O) groups is 2. The van der Waals surface area contributed by atoms with E-state index in [4.69, 9.17) is 10.5 Å². The van der Waals surface area contributed by atoms with Crippen molar-refractivity contribution in [3.05, 3.63) is 35.2 Å². The summed E-state index contributed by atoms with van der Waals surface area (Å²) in [4.78, 5) is 32.6. The Labute approximate surface area is 187 Å². The molecule has 4 atom stereocenters. The van der Waals surface area contributed by atoms with Crippen LogP contribution < -0.4 is 16.4 Å². The minimum Gasteiger partial charge on any atom is -0.462 e. The third-order valence-corrected chi connectivity index (χ3v) is 5.96. The van der Waals surface area contributed by atoms with Gasteiger partial charge in [-0.1, -0.05) is 12.2 Å². The molecule has 4 rings (SSSR count). The summed E-state index contributed by atoms with van der Waals surface area (Å²) >= 11 is 3.47. The van der Waals surface area contributed by atoms with Crippen LogP contribution in [0.25, 0.3) is 0 Å². The number of aromatic nitrogens is 4. The van der Waals surface area contributed by atoms with Gasteiger partial charge in [-0.05, 0) is 48.0 Å². The average molecular weight is 490 g/mol. The Kier molecular flexibility index (Phi) is 5.94. The molecule has 2 aromatic rings. The van der Waals surface area contributed by atoms with Gasteiger partial charge in [0.05, 0.1) is 28.4 Å². The van der Waals surface area contributed by atoms with Gasteiger partial charge < -0.3 is 21.1 Å². The van der Waals surface area contributed by atoms with Crippen LogP contribution in [-0.2, 0) is 20.9 Å². The third kappa shape index (κ3) is 4.71. The fourth-order valence-electron chi connectivity index (χ4n) is 4.17. The van der Waals surface area contributed by atoms with Gasteiger partial charge in [0.25, 0.3) is 0 Å². The summed E-state index contributed by atoms with van der Waals surface area (Å²) in [5, 5.41) is 10.6. The van der Waals surface area contributed by atoms with Crippen molar-refractivity contribution in [2.24, 2.45) is 23.5 Å². The summed E-state index contributed by atoms with van der Waals surface area (Å²) in [7, 11) is 0. The molecule has 164 valence electrons. The van der Waals surface area contributed by atoms with Gasteiger partial charge in [0, 0.05) is 18.4 Å². The van der Waals surface area contributed by atoms with Gasteiger partial charge in [0.2, 0.25) is 11.9 Å². The number of amides is 1. The van der Waals surface area contributed by atoms with Gasteiger partial charge in [0.1, 0.15) is 12.4 Å². The quantitative estimate of drug-likeness (QED) is 0.379. The molecule has 1 amide bonds. The predicted molar refractivity (Wildman–Crippen MR) is 117 cm³/mol. The average Bonchev–Trinajstić information content (AvgIpc) is 3.40. The first-order valence-electron chi connectivity index (χ1n) is 10.1. The number of rotatable bonds is 8. The highest BCUT2D eigenvalue weighted by Gasteiger charge is 2.47. The molecule has 0 aliphatic heterocycles. The Bertz CT molecular complexity index is 1020. The Morgan fingerprint density at radius 3 is 2.84 bits per heavy atom. The maximum absolute atomic E-state index is 12.0. The van der Waals surface area contributed by atoms with Gasteiger partial charge in [-0.2, -0.15) is 10.1 Å². The van der Waals surface area contributed by atoms with Crippen molar-refractivity contribution in [2.45, 2.75) is 39.0 Å². The largest absolute Gasteiger partial charge is 0.462 e. The first kappa shape index (κ1) is 21.3. The summed E-state index contributed by atoms with van der Waals surface area (Å²) in [5.41, 5.74) is 6.28. The van der Waals surface area contributed by atoms with Crippen molar-refractivity contribution in [1.82, 2.24) is 19.7 Å². The second-order valence-electron chi connectivity index (χ2n) is 8.03. The number of carbonyl (C=O) groups excluding carboxylic acids is 2. The van der Waals surface area contributed by atoms with Crippen LogP contribution in [0.4, 0.5) is 17.5 Å². The van der Waals surface area contributed by atoms with Gasteiger partial charge >= 0.3 is 5.97 Å². The van der Waals surface area contributed by atoms with E-state index < -0.39 is 0 Å². The van der Waals surface area contributed by atoms with Crippen molar-refractivity contribution < 1.29 is 14.3 Å². The van der Waals surface area contributed by atoms with Crippen LogP contribution in [0.5, 0.6) is 0 Å². The van der Waals surface area contributed by atoms with E-state index in [2.05, 4.69) is 53.8 Å². The van der Waals surface area contributed by atoms with Crippen LogP contribution in [0, 0.1) is 17.8 Å². The maximum Gasteiger partial charge on any atom is 0.328 e. The molecule has 10 nitrogen and oxygen atoms in total. The zero-order valence-electron chi connectivity index (χ0n) is 17.2. The van der Waals surface area contributed by atoms with Crippen LogP contribution in [-0.4, -0.2) is 43.8 Å². The lowest BCUT2D eigenvalue weighted by Crippen LogP contribution is -2.41. The van der Waals surface area contributed by atoms with Crippen LogP contribution >= 0.6 is 15.9 Å². The molecule has 2 bridgehead atoms. The number of hydrogen-bond acceptors (Lipinski definition) is 8. The maximum atomic E-state index is 12.0. The molecule has 0 spiro atoms.